The molecule has 2 aromatic rings. The quantitative estimate of drug-likeness (QED) is 0.731. The first-order chi connectivity index (χ1) is 13.7. The fourth-order valence-corrected chi connectivity index (χ4v) is 3.11. The zero-order valence-corrected chi connectivity index (χ0v) is 16.4. The Morgan fingerprint density at radius 1 is 1.31 bits per heavy atom. The number of nitrogens with zero attached hydrogens (tertiary/aromatic N) is 3. The van der Waals surface area contributed by atoms with Crippen LogP contribution in [0.15, 0.2) is 40.6 Å². The number of anilines is 1. The van der Waals surface area contributed by atoms with E-state index in [1.807, 2.05) is 6.26 Å². The van der Waals surface area contributed by atoms with Gasteiger partial charge in [0.25, 0.3) is 11.8 Å². The standard InChI is InChI=1S/C18H18F3N5O2S/c1-17(18(20,21)9-28-8-14(22)26-17)11-5-10(3-4-12(11)19)25-16(27)13-6-24-15(29-2)7-23-13/h3-7H,8-9H2,1-2H3,(H2,22,26)(H,25,27)/t17-/m1/s1. The fraction of sp³-hybridized carbons (Fsp3) is 0.333. The van der Waals surface area contributed by atoms with E-state index in [-0.39, 0.29) is 23.8 Å². The van der Waals surface area contributed by atoms with Crippen LogP contribution in [0.3, 0.4) is 0 Å². The molecule has 0 saturated heterocycles. The molecule has 1 aliphatic rings. The molecule has 154 valence electrons. The molecule has 2 heterocycles. The molecular formula is C18H18F3N5O2S. The summed E-state index contributed by atoms with van der Waals surface area (Å²) >= 11 is 1.36. The summed E-state index contributed by atoms with van der Waals surface area (Å²) in [5.41, 5.74) is 3.01. The van der Waals surface area contributed by atoms with Crippen molar-refractivity contribution in [2.45, 2.75) is 23.4 Å². The van der Waals surface area contributed by atoms with Gasteiger partial charge < -0.3 is 15.8 Å². The van der Waals surface area contributed by atoms with Gasteiger partial charge in [0.05, 0.1) is 12.4 Å². The predicted octanol–water partition coefficient (Wildman–Crippen LogP) is 2.83. The molecule has 1 atom stereocenters. The Labute approximate surface area is 169 Å². The number of ether oxygens (including phenoxy) is 1. The number of carbonyl (C=O) groups excluding carboxylic acids is 1. The SMILES string of the molecule is CSc1cnc(C(=O)Nc2ccc(F)c([C@@]3(C)N=C(N)COCC3(F)F)c2)cn1. The van der Waals surface area contributed by atoms with Gasteiger partial charge in [0.1, 0.15) is 35.6 Å². The minimum absolute atomic E-state index is 0.0235. The van der Waals surface area contributed by atoms with Gasteiger partial charge in [-0.15, -0.1) is 11.8 Å². The second-order valence-corrected chi connectivity index (χ2v) is 7.29. The van der Waals surface area contributed by atoms with E-state index < -0.39 is 35.4 Å². The highest BCUT2D eigenvalue weighted by Crippen LogP contribution is 2.44. The van der Waals surface area contributed by atoms with Crippen molar-refractivity contribution in [3.8, 4) is 0 Å². The number of hydrogen-bond acceptors (Lipinski definition) is 7. The lowest BCUT2D eigenvalue weighted by atomic mass is 9.85. The van der Waals surface area contributed by atoms with Crippen LogP contribution in [-0.2, 0) is 10.3 Å². The topological polar surface area (TPSA) is 102 Å². The normalized spacial score (nSPS) is 21.2. The van der Waals surface area contributed by atoms with Gasteiger partial charge in [0, 0.05) is 11.3 Å². The third-order valence-electron chi connectivity index (χ3n) is 4.43. The molecule has 7 nitrogen and oxygen atoms in total. The van der Waals surface area contributed by atoms with Crippen molar-refractivity contribution in [2.75, 3.05) is 24.8 Å². The Bertz CT molecular complexity index is 955. The molecule has 0 radical (unpaired) electrons. The zero-order chi connectivity index (χ0) is 21.2. The lowest BCUT2D eigenvalue weighted by Gasteiger charge is -2.33. The van der Waals surface area contributed by atoms with Crippen molar-refractivity contribution in [1.29, 1.82) is 0 Å². The maximum atomic E-state index is 14.7. The maximum absolute atomic E-state index is 14.7. The molecule has 3 N–H and O–H groups in total. The van der Waals surface area contributed by atoms with E-state index in [4.69, 9.17) is 10.5 Å². The number of alkyl halides is 2. The Kier molecular flexibility index (Phi) is 5.80. The maximum Gasteiger partial charge on any atom is 0.299 e. The summed E-state index contributed by atoms with van der Waals surface area (Å²) in [5.74, 6) is -5.24. The Balaban J connectivity index is 1.95. The fourth-order valence-electron chi connectivity index (χ4n) is 2.79. The number of amides is 1. The highest BCUT2D eigenvalue weighted by Gasteiger charge is 2.54. The van der Waals surface area contributed by atoms with Crippen LogP contribution in [0.5, 0.6) is 0 Å². The number of aliphatic imine (C=N–C) groups is 1. The summed E-state index contributed by atoms with van der Waals surface area (Å²) < 4.78 is 48.8. The average molecular weight is 425 g/mol. The highest BCUT2D eigenvalue weighted by molar-refractivity contribution is 7.98. The largest absolute Gasteiger partial charge is 0.385 e. The molecule has 1 aromatic heterocycles. The second kappa shape index (κ2) is 7.99. The third-order valence-corrected chi connectivity index (χ3v) is 5.06. The van der Waals surface area contributed by atoms with Crippen LogP contribution >= 0.6 is 11.8 Å². The van der Waals surface area contributed by atoms with Gasteiger partial charge in [-0.05, 0) is 31.4 Å². The van der Waals surface area contributed by atoms with Gasteiger partial charge in [-0.3, -0.25) is 9.79 Å². The van der Waals surface area contributed by atoms with Gasteiger partial charge in [0.2, 0.25) is 0 Å². The minimum Gasteiger partial charge on any atom is -0.385 e. The Morgan fingerprint density at radius 3 is 2.72 bits per heavy atom. The van der Waals surface area contributed by atoms with E-state index in [9.17, 15) is 18.0 Å². The van der Waals surface area contributed by atoms with Gasteiger partial charge in [0.15, 0.2) is 5.54 Å². The van der Waals surface area contributed by atoms with Crippen LogP contribution in [0.1, 0.15) is 23.0 Å². The molecule has 1 aromatic carbocycles. The van der Waals surface area contributed by atoms with Crippen molar-refractivity contribution in [2.24, 2.45) is 10.7 Å². The molecule has 11 heteroatoms. The minimum atomic E-state index is -3.53. The summed E-state index contributed by atoms with van der Waals surface area (Å²) in [6.07, 6.45) is 4.53. The molecule has 0 bridgehead atoms. The molecule has 0 saturated carbocycles. The summed E-state index contributed by atoms with van der Waals surface area (Å²) in [7, 11) is 0. The Morgan fingerprint density at radius 2 is 2.07 bits per heavy atom. The van der Waals surface area contributed by atoms with Crippen LogP contribution in [-0.4, -0.2) is 47.1 Å². The van der Waals surface area contributed by atoms with Crippen LogP contribution in [0, 0.1) is 5.82 Å². The number of rotatable bonds is 4. The van der Waals surface area contributed by atoms with E-state index in [1.54, 1.807) is 0 Å². The molecule has 1 amide bonds. The van der Waals surface area contributed by atoms with Crippen LogP contribution < -0.4 is 11.1 Å². The van der Waals surface area contributed by atoms with E-state index in [1.165, 1.54) is 30.2 Å². The summed E-state index contributed by atoms with van der Waals surface area (Å²) in [4.78, 5) is 24.2. The molecule has 1 aliphatic heterocycles. The third kappa shape index (κ3) is 4.20. The van der Waals surface area contributed by atoms with Crippen LogP contribution in [0.2, 0.25) is 0 Å². The number of amidine groups is 1. The summed E-state index contributed by atoms with van der Waals surface area (Å²) in [5, 5.41) is 3.13. The number of benzene rings is 1. The predicted molar refractivity (Wildman–Crippen MR) is 103 cm³/mol. The highest BCUT2D eigenvalue weighted by atomic mass is 32.2. The van der Waals surface area contributed by atoms with Crippen molar-refractivity contribution in [3.63, 3.8) is 0 Å². The van der Waals surface area contributed by atoms with Gasteiger partial charge >= 0.3 is 0 Å². The van der Waals surface area contributed by atoms with E-state index in [0.717, 1.165) is 19.1 Å². The smallest absolute Gasteiger partial charge is 0.299 e. The van der Waals surface area contributed by atoms with Crippen molar-refractivity contribution in [1.82, 2.24) is 9.97 Å². The van der Waals surface area contributed by atoms with E-state index >= 15 is 0 Å². The number of carbonyl (C=O) groups is 1. The average Bonchev–Trinajstić information content (AvgIpc) is 2.78. The van der Waals surface area contributed by atoms with E-state index in [0.29, 0.717) is 5.03 Å². The van der Waals surface area contributed by atoms with Crippen LogP contribution in [0.4, 0.5) is 18.9 Å². The molecule has 0 fully saturated rings. The molecule has 29 heavy (non-hydrogen) atoms. The molecule has 0 spiro atoms. The number of aromatic nitrogens is 2. The number of nitrogens with two attached hydrogens (primary N) is 1. The second-order valence-electron chi connectivity index (χ2n) is 6.47. The molecular weight excluding hydrogens is 407 g/mol. The Hall–Kier alpha value is -2.66. The van der Waals surface area contributed by atoms with Gasteiger partial charge in [-0.2, -0.15) is 0 Å². The molecule has 0 unspecified atom stereocenters. The van der Waals surface area contributed by atoms with E-state index in [2.05, 4.69) is 20.3 Å². The summed E-state index contributed by atoms with van der Waals surface area (Å²) in [6, 6.07) is 3.33. The molecule has 0 aliphatic carbocycles. The van der Waals surface area contributed by atoms with Crippen LogP contribution in [0.25, 0.3) is 0 Å². The summed E-state index contributed by atoms with van der Waals surface area (Å²) in [6.45, 7) is -0.180. The number of thioether (sulfide) groups is 1. The first kappa shape index (κ1) is 21.1. The number of nitrogens with one attached hydrogen (secondary N) is 1. The van der Waals surface area contributed by atoms with Gasteiger partial charge in [-0.25, -0.2) is 23.1 Å². The first-order valence-corrected chi connectivity index (χ1v) is 9.66. The lowest BCUT2D eigenvalue weighted by Crippen LogP contribution is -2.45. The zero-order valence-electron chi connectivity index (χ0n) is 15.6. The van der Waals surface area contributed by atoms with Crippen molar-refractivity contribution < 1.29 is 22.7 Å². The number of halogens is 3. The molecule has 3 rings (SSSR count). The first-order valence-electron chi connectivity index (χ1n) is 8.43. The lowest BCUT2D eigenvalue weighted by molar-refractivity contribution is -0.116. The van der Waals surface area contributed by atoms with Crippen molar-refractivity contribution in [3.05, 3.63) is 47.7 Å². The van der Waals surface area contributed by atoms with Gasteiger partial charge in [-0.1, -0.05) is 0 Å². The number of hydrogen-bond donors (Lipinski definition) is 2. The monoisotopic (exact) mass is 425 g/mol. The van der Waals surface area contributed by atoms with Crippen molar-refractivity contribution >= 4 is 29.2 Å².